The summed E-state index contributed by atoms with van der Waals surface area (Å²) in [5.74, 6) is 1.86. The predicted molar refractivity (Wildman–Crippen MR) is 88.0 cm³/mol. The van der Waals surface area contributed by atoms with Gasteiger partial charge >= 0.3 is 0 Å². The molecule has 1 aliphatic heterocycles. The second kappa shape index (κ2) is 6.60. The Morgan fingerprint density at radius 1 is 1.33 bits per heavy atom. The van der Waals surface area contributed by atoms with Crippen LogP contribution in [0.4, 0.5) is 0 Å². The first-order valence-electron chi connectivity index (χ1n) is 7.94. The molecule has 0 aliphatic carbocycles. The summed E-state index contributed by atoms with van der Waals surface area (Å²) in [5.41, 5.74) is 1.63. The third-order valence-electron chi connectivity index (χ3n) is 4.42. The molecular weight excluding hydrogens is 308 g/mol. The van der Waals surface area contributed by atoms with Crippen molar-refractivity contribution in [2.45, 2.75) is 19.9 Å². The Balaban J connectivity index is 1.80. The Bertz CT molecular complexity index is 743. The number of methoxy groups -OCH3 is 1. The van der Waals surface area contributed by atoms with Crippen molar-refractivity contribution in [1.82, 2.24) is 19.9 Å². The maximum Gasteiger partial charge on any atom is 0.254 e. The number of aryl methyl sites for hydroxylation is 2. The number of rotatable bonds is 3. The van der Waals surface area contributed by atoms with Crippen LogP contribution in [-0.4, -0.2) is 59.6 Å². The van der Waals surface area contributed by atoms with Crippen LogP contribution < -0.4 is 4.74 Å². The Morgan fingerprint density at radius 2 is 2.12 bits per heavy atom. The van der Waals surface area contributed by atoms with Crippen molar-refractivity contribution in [1.29, 1.82) is 0 Å². The molecule has 0 N–H and O–H groups in total. The Labute approximate surface area is 141 Å². The Kier molecular flexibility index (Phi) is 4.53. The second-order valence-corrected chi connectivity index (χ2v) is 6.11. The summed E-state index contributed by atoms with van der Waals surface area (Å²) in [6, 6.07) is 5.45. The van der Waals surface area contributed by atoms with E-state index in [-0.39, 0.29) is 11.9 Å². The van der Waals surface area contributed by atoms with Gasteiger partial charge in [-0.3, -0.25) is 9.69 Å². The molecule has 2 aromatic rings. The molecule has 0 saturated carbocycles. The number of amides is 1. The number of carbonyl (C=O) groups is 1. The first-order valence-corrected chi connectivity index (χ1v) is 7.94. The number of likely N-dealkylation sites (N-methyl/N-ethyl adjacent to an activating group) is 1. The third kappa shape index (κ3) is 3.12. The fourth-order valence-electron chi connectivity index (χ4n) is 2.91. The van der Waals surface area contributed by atoms with Gasteiger partial charge in [0, 0.05) is 25.2 Å². The molecule has 1 aromatic heterocycles. The summed E-state index contributed by atoms with van der Waals surface area (Å²) in [4.78, 5) is 21.1. The number of piperazine rings is 1. The van der Waals surface area contributed by atoms with E-state index in [1.165, 1.54) is 0 Å². The first-order chi connectivity index (χ1) is 11.5. The average Bonchev–Trinajstić information content (AvgIpc) is 3.01. The van der Waals surface area contributed by atoms with Gasteiger partial charge in [0.15, 0.2) is 5.82 Å². The lowest BCUT2D eigenvalue weighted by molar-refractivity contribution is 0.0488. The molecule has 1 amide bonds. The van der Waals surface area contributed by atoms with E-state index < -0.39 is 0 Å². The molecule has 2 heterocycles. The summed E-state index contributed by atoms with van der Waals surface area (Å²) in [5, 5.41) is 3.85. The van der Waals surface area contributed by atoms with E-state index in [0.717, 1.165) is 17.9 Å². The summed E-state index contributed by atoms with van der Waals surface area (Å²) < 4.78 is 10.6. The van der Waals surface area contributed by atoms with Gasteiger partial charge in [-0.15, -0.1) is 0 Å². The fourth-order valence-corrected chi connectivity index (χ4v) is 2.91. The van der Waals surface area contributed by atoms with Crippen LogP contribution in [0.5, 0.6) is 5.75 Å². The van der Waals surface area contributed by atoms with E-state index in [1.807, 2.05) is 31.0 Å². The van der Waals surface area contributed by atoms with Crippen molar-refractivity contribution in [2.75, 3.05) is 33.8 Å². The smallest absolute Gasteiger partial charge is 0.254 e. The van der Waals surface area contributed by atoms with Crippen LogP contribution in [-0.2, 0) is 0 Å². The molecule has 128 valence electrons. The first kappa shape index (κ1) is 16.4. The minimum Gasteiger partial charge on any atom is -0.496 e. The van der Waals surface area contributed by atoms with Gasteiger partial charge in [0.25, 0.3) is 5.91 Å². The molecule has 1 aliphatic rings. The van der Waals surface area contributed by atoms with Crippen LogP contribution in [0.3, 0.4) is 0 Å². The van der Waals surface area contributed by atoms with Crippen LogP contribution in [0.25, 0.3) is 0 Å². The normalized spacial score (nSPS) is 18.7. The summed E-state index contributed by atoms with van der Waals surface area (Å²) in [7, 11) is 3.61. The zero-order valence-electron chi connectivity index (χ0n) is 14.4. The third-order valence-corrected chi connectivity index (χ3v) is 4.42. The van der Waals surface area contributed by atoms with E-state index in [2.05, 4.69) is 15.0 Å². The number of nitrogens with zero attached hydrogens (tertiary/aromatic N) is 4. The number of hydrogen-bond donors (Lipinski definition) is 0. The molecule has 1 unspecified atom stereocenters. The number of benzene rings is 1. The van der Waals surface area contributed by atoms with E-state index in [9.17, 15) is 4.79 Å². The molecule has 7 heteroatoms. The highest BCUT2D eigenvalue weighted by Crippen LogP contribution is 2.25. The van der Waals surface area contributed by atoms with Gasteiger partial charge in [-0.05, 0) is 38.6 Å². The summed E-state index contributed by atoms with van der Waals surface area (Å²) in [6.07, 6.45) is 0. The van der Waals surface area contributed by atoms with Crippen molar-refractivity contribution in [3.05, 3.63) is 41.0 Å². The van der Waals surface area contributed by atoms with E-state index in [4.69, 9.17) is 9.26 Å². The standard InChI is InChI=1S/C17H22N4O3/c1-11-5-6-13(9-15(11)23-4)17(22)21-8-7-20(3)14(10-21)16-18-12(2)19-24-16/h5-6,9,14H,7-8,10H2,1-4H3. The lowest BCUT2D eigenvalue weighted by Gasteiger charge is -2.37. The van der Waals surface area contributed by atoms with Gasteiger partial charge in [-0.25, -0.2) is 0 Å². The summed E-state index contributed by atoms with van der Waals surface area (Å²) in [6.45, 7) is 5.68. The topological polar surface area (TPSA) is 71.7 Å². The molecule has 0 radical (unpaired) electrons. The molecule has 1 fully saturated rings. The van der Waals surface area contributed by atoms with E-state index >= 15 is 0 Å². The molecule has 24 heavy (non-hydrogen) atoms. The number of carbonyl (C=O) groups excluding carboxylic acids is 1. The highest BCUT2D eigenvalue weighted by atomic mass is 16.5. The molecule has 3 rings (SSSR count). The van der Waals surface area contributed by atoms with Gasteiger partial charge in [0.1, 0.15) is 11.8 Å². The molecule has 0 spiro atoms. The number of ether oxygens (including phenoxy) is 1. The molecule has 1 atom stereocenters. The minimum absolute atomic E-state index is 0.0114. The zero-order chi connectivity index (χ0) is 17.3. The number of hydrogen-bond acceptors (Lipinski definition) is 6. The molecule has 7 nitrogen and oxygen atoms in total. The fraction of sp³-hybridized carbons (Fsp3) is 0.471. The van der Waals surface area contributed by atoms with Crippen LogP contribution in [0.1, 0.15) is 33.7 Å². The monoisotopic (exact) mass is 330 g/mol. The van der Waals surface area contributed by atoms with Crippen molar-refractivity contribution < 1.29 is 14.1 Å². The largest absolute Gasteiger partial charge is 0.496 e. The van der Waals surface area contributed by atoms with Crippen LogP contribution in [0.15, 0.2) is 22.7 Å². The average molecular weight is 330 g/mol. The highest BCUT2D eigenvalue weighted by Gasteiger charge is 2.32. The molecular formula is C17H22N4O3. The zero-order valence-corrected chi connectivity index (χ0v) is 14.4. The predicted octanol–water partition coefficient (Wildman–Crippen LogP) is 1.82. The SMILES string of the molecule is COc1cc(C(=O)N2CCN(C)C(c3nc(C)no3)C2)ccc1C. The van der Waals surface area contributed by atoms with Crippen LogP contribution in [0, 0.1) is 13.8 Å². The lowest BCUT2D eigenvalue weighted by atomic mass is 10.1. The van der Waals surface area contributed by atoms with Gasteiger partial charge in [-0.2, -0.15) is 4.98 Å². The van der Waals surface area contributed by atoms with Crippen molar-refractivity contribution >= 4 is 5.91 Å². The minimum atomic E-state index is -0.0868. The van der Waals surface area contributed by atoms with E-state index in [0.29, 0.717) is 30.4 Å². The van der Waals surface area contributed by atoms with Crippen LogP contribution in [0.2, 0.25) is 0 Å². The molecule has 1 aromatic carbocycles. The highest BCUT2D eigenvalue weighted by molar-refractivity contribution is 5.94. The Morgan fingerprint density at radius 3 is 2.79 bits per heavy atom. The van der Waals surface area contributed by atoms with Crippen molar-refractivity contribution in [3.8, 4) is 5.75 Å². The maximum atomic E-state index is 12.9. The van der Waals surface area contributed by atoms with Crippen LogP contribution >= 0.6 is 0 Å². The van der Waals surface area contributed by atoms with E-state index in [1.54, 1.807) is 20.1 Å². The summed E-state index contributed by atoms with van der Waals surface area (Å²) >= 11 is 0. The Hall–Kier alpha value is -2.41. The van der Waals surface area contributed by atoms with Crippen molar-refractivity contribution in [3.63, 3.8) is 0 Å². The molecule has 1 saturated heterocycles. The van der Waals surface area contributed by atoms with Crippen molar-refractivity contribution in [2.24, 2.45) is 0 Å². The van der Waals surface area contributed by atoms with Gasteiger partial charge in [0.05, 0.1) is 7.11 Å². The van der Waals surface area contributed by atoms with Gasteiger partial charge in [0.2, 0.25) is 5.89 Å². The van der Waals surface area contributed by atoms with Gasteiger partial charge in [-0.1, -0.05) is 11.2 Å². The number of aromatic nitrogens is 2. The lowest BCUT2D eigenvalue weighted by Crippen LogP contribution is -2.49. The molecule has 0 bridgehead atoms. The van der Waals surface area contributed by atoms with Gasteiger partial charge < -0.3 is 14.2 Å². The second-order valence-electron chi connectivity index (χ2n) is 6.11. The quantitative estimate of drug-likeness (QED) is 0.855. The maximum absolute atomic E-state index is 12.9.